The number of ether oxygens (including phenoxy) is 2. The number of Topliss-reactive ketones (excluding diaryl/α,β-unsaturated/α-hetero) is 1. The minimum Gasteiger partial charge on any atom is -0.481 e. The number of benzene rings is 1. The van der Waals surface area contributed by atoms with E-state index in [0.717, 1.165) is 62.6 Å². The molecule has 4 saturated carbocycles. The summed E-state index contributed by atoms with van der Waals surface area (Å²) in [5.41, 5.74) is 0.558. The zero-order valence-electron chi connectivity index (χ0n) is 38.6. The molecule has 0 saturated heterocycles. The van der Waals surface area contributed by atoms with E-state index < -0.39 is 35.2 Å². The number of hydrogen-bond acceptors (Lipinski definition) is 8. The van der Waals surface area contributed by atoms with Crippen molar-refractivity contribution in [3.05, 3.63) is 41.0 Å². The molecule has 1 aromatic rings. The van der Waals surface area contributed by atoms with Crippen LogP contribution in [0, 0.1) is 56.2 Å². The summed E-state index contributed by atoms with van der Waals surface area (Å²) in [6.07, 6.45) is 1.45. The Labute approximate surface area is 362 Å². The quantitative estimate of drug-likeness (QED) is 0.177. The summed E-state index contributed by atoms with van der Waals surface area (Å²) in [5, 5.41) is 22.3. The highest BCUT2D eigenvalue weighted by atomic mass is 19.4. The summed E-state index contributed by atoms with van der Waals surface area (Å²) < 4.78 is 48.9. The number of carbonyl (C=O) groups excluding carboxylic acids is 2. The molecule has 1 aromatic carbocycles. The number of aliphatic hydroxyl groups is 1. The van der Waals surface area contributed by atoms with E-state index in [1.165, 1.54) is 17.7 Å². The SMILES string of the molecule is CC(C)C1=C2[C@H]3CC[C@@H]4[C@@]5(C)CC[C@H](OC(=O)CC(C)(C)C(=O)O)C(C)(C)[C@@H]5CC[C@@]4(C)[C@]3(C)CCC2(C(O)CN(CCN(C)C)Cc2ccc(OC(F)(F)F)cc2)CC1=O. The van der Waals surface area contributed by atoms with Crippen LogP contribution in [0.3, 0.4) is 0 Å². The number of carboxylic acids is 1. The summed E-state index contributed by atoms with van der Waals surface area (Å²) in [6.45, 7) is 21.4. The fraction of sp³-hybridized carbons (Fsp3) is 0.776. The number of carbonyl (C=O) groups is 3. The number of hydrogen-bond donors (Lipinski definition) is 2. The number of aliphatic hydroxyl groups excluding tert-OH is 1. The Morgan fingerprint density at radius 1 is 0.885 bits per heavy atom. The van der Waals surface area contributed by atoms with Gasteiger partial charge in [-0.3, -0.25) is 19.3 Å². The predicted octanol–water partition coefficient (Wildman–Crippen LogP) is 9.70. The van der Waals surface area contributed by atoms with Crippen molar-refractivity contribution in [3.63, 3.8) is 0 Å². The highest BCUT2D eigenvalue weighted by Gasteiger charge is 2.71. The minimum atomic E-state index is -4.77. The summed E-state index contributed by atoms with van der Waals surface area (Å²) >= 11 is 0. The third-order valence-corrected chi connectivity index (χ3v) is 17.4. The number of nitrogens with zero attached hydrogens (tertiary/aromatic N) is 2. The number of carboxylic acid groups (broad SMARTS) is 1. The number of likely N-dealkylation sites (N-methyl/N-ethyl adjacent to an activating group) is 1. The van der Waals surface area contributed by atoms with Gasteiger partial charge in [0.1, 0.15) is 11.9 Å². The van der Waals surface area contributed by atoms with E-state index in [4.69, 9.17) is 4.74 Å². The lowest BCUT2D eigenvalue weighted by Gasteiger charge is -2.72. The molecule has 342 valence electrons. The van der Waals surface area contributed by atoms with Crippen molar-refractivity contribution in [2.24, 2.45) is 56.2 Å². The molecule has 0 aliphatic heterocycles. The molecular formula is C49H73F3N2O7. The first-order valence-corrected chi connectivity index (χ1v) is 22.7. The molecule has 0 bridgehead atoms. The Kier molecular flexibility index (Phi) is 12.9. The number of allylic oxidation sites excluding steroid dienone is 1. The molecule has 0 spiro atoms. The molecule has 2 unspecified atom stereocenters. The van der Waals surface area contributed by atoms with Gasteiger partial charge in [0.2, 0.25) is 0 Å². The molecule has 5 aliphatic carbocycles. The molecule has 6 rings (SSSR count). The van der Waals surface area contributed by atoms with E-state index in [1.54, 1.807) is 26.0 Å². The number of aliphatic carboxylic acids is 1. The van der Waals surface area contributed by atoms with E-state index >= 15 is 0 Å². The maximum absolute atomic E-state index is 14.3. The van der Waals surface area contributed by atoms with Crippen molar-refractivity contribution < 1.29 is 47.2 Å². The Morgan fingerprint density at radius 3 is 2.13 bits per heavy atom. The van der Waals surface area contributed by atoms with Gasteiger partial charge in [0.05, 0.1) is 17.9 Å². The smallest absolute Gasteiger partial charge is 0.481 e. The summed E-state index contributed by atoms with van der Waals surface area (Å²) in [5.74, 6) is -0.724. The maximum Gasteiger partial charge on any atom is 0.573 e. The lowest BCUT2D eigenvalue weighted by atomic mass is 9.33. The van der Waals surface area contributed by atoms with E-state index in [2.05, 4.69) is 63.0 Å². The molecule has 12 heteroatoms. The monoisotopic (exact) mass is 859 g/mol. The maximum atomic E-state index is 14.3. The molecular weight excluding hydrogens is 786 g/mol. The van der Waals surface area contributed by atoms with Gasteiger partial charge in [-0.05, 0) is 142 Å². The highest BCUT2D eigenvalue weighted by molar-refractivity contribution is 6.00. The molecule has 61 heavy (non-hydrogen) atoms. The Morgan fingerprint density at radius 2 is 1.54 bits per heavy atom. The summed E-state index contributed by atoms with van der Waals surface area (Å²) in [4.78, 5) is 43.6. The molecule has 5 aliphatic rings. The van der Waals surface area contributed by atoms with Crippen LogP contribution in [0.2, 0.25) is 0 Å². The average molecular weight is 859 g/mol. The first-order valence-electron chi connectivity index (χ1n) is 22.7. The molecule has 9 nitrogen and oxygen atoms in total. The van der Waals surface area contributed by atoms with Crippen LogP contribution in [0.25, 0.3) is 0 Å². The second kappa shape index (κ2) is 16.5. The van der Waals surface area contributed by atoms with E-state index in [1.807, 2.05) is 14.1 Å². The lowest BCUT2D eigenvalue weighted by molar-refractivity contribution is -0.274. The van der Waals surface area contributed by atoms with Crippen LogP contribution in [0.4, 0.5) is 13.2 Å². The molecule has 2 N–H and O–H groups in total. The van der Waals surface area contributed by atoms with Gasteiger partial charge in [0.15, 0.2) is 5.78 Å². The van der Waals surface area contributed by atoms with Gasteiger partial charge in [-0.15, -0.1) is 13.2 Å². The van der Waals surface area contributed by atoms with Crippen LogP contribution in [0.15, 0.2) is 35.4 Å². The molecule has 0 heterocycles. The number of rotatable bonds is 14. The summed E-state index contributed by atoms with van der Waals surface area (Å²) in [6, 6.07) is 5.93. The van der Waals surface area contributed by atoms with Gasteiger partial charge in [0.25, 0.3) is 0 Å². The zero-order chi connectivity index (χ0) is 45.3. The second-order valence-electron chi connectivity index (χ2n) is 22.3. The molecule has 4 fully saturated rings. The van der Waals surface area contributed by atoms with Gasteiger partial charge in [-0.2, -0.15) is 0 Å². The average Bonchev–Trinajstić information content (AvgIpc) is 3.45. The lowest BCUT2D eigenvalue weighted by Crippen LogP contribution is -2.66. The van der Waals surface area contributed by atoms with Crippen LogP contribution >= 0.6 is 0 Å². The number of esters is 1. The van der Waals surface area contributed by atoms with E-state index in [9.17, 15) is 37.8 Å². The normalized spacial score (nSPS) is 34.2. The van der Waals surface area contributed by atoms with Crippen molar-refractivity contribution in [3.8, 4) is 5.75 Å². The third kappa shape index (κ3) is 8.56. The standard InChI is InChI=1S/C49H73F3N2O7/c1-30(2)40-34(55)26-48(37(56)29-54(25-24-53(10)11)28-31-12-14-32(15-13-31)61-49(50,51)52)23-22-46(8)33(41(40)48)16-17-36-45(7)20-19-38(60-39(57)27-43(3,4)42(58)59)44(5,6)35(45)18-21-47(36,46)9/h12-15,30,33,35-38,56H,16-29H2,1-11H3,(H,58,59)/t33-,35+,36-,37?,38+,45+,46-,47-,48?/m1/s1. The Hall–Kier alpha value is -2.96. The van der Waals surface area contributed by atoms with Crippen LogP contribution in [-0.2, 0) is 25.7 Å². The molecule has 0 amide bonds. The molecule has 0 radical (unpaired) electrons. The molecule has 9 atom stereocenters. The molecule has 0 aromatic heterocycles. The first-order chi connectivity index (χ1) is 28.1. The van der Waals surface area contributed by atoms with E-state index in [0.29, 0.717) is 44.3 Å². The van der Waals surface area contributed by atoms with Crippen LogP contribution in [0.1, 0.15) is 132 Å². The summed E-state index contributed by atoms with van der Waals surface area (Å²) in [7, 11) is 3.98. The van der Waals surface area contributed by atoms with Crippen molar-refractivity contribution in [1.29, 1.82) is 0 Å². The third-order valence-electron chi connectivity index (χ3n) is 17.4. The topological polar surface area (TPSA) is 117 Å². The fourth-order valence-corrected chi connectivity index (χ4v) is 14.0. The first kappa shape index (κ1) is 47.5. The fourth-order valence-electron chi connectivity index (χ4n) is 14.0. The van der Waals surface area contributed by atoms with Crippen molar-refractivity contribution in [2.45, 2.75) is 152 Å². The van der Waals surface area contributed by atoms with Crippen molar-refractivity contribution in [2.75, 3.05) is 33.7 Å². The number of ketones is 1. The van der Waals surface area contributed by atoms with Gasteiger partial charge in [-0.1, -0.05) is 66.2 Å². The highest BCUT2D eigenvalue weighted by Crippen LogP contribution is 2.77. The van der Waals surface area contributed by atoms with E-state index in [-0.39, 0.29) is 57.6 Å². The van der Waals surface area contributed by atoms with Crippen molar-refractivity contribution >= 4 is 17.7 Å². The van der Waals surface area contributed by atoms with Gasteiger partial charge < -0.3 is 24.6 Å². The number of alkyl halides is 3. The van der Waals surface area contributed by atoms with Crippen LogP contribution in [-0.4, -0.2) is 90.0 Å². The predicted molar refractivity (Wildman–Crippen MR) is 228 cm³/mol. The van der Waals surface area contributed by atoms with Crippen molar-refractivity contribution in [1.82, 2.24) is 9.80 Å². The number of halogens is 3. The zero-order valence-corrected chi connectivity index (χ0v) is 38.6. The number of fused-ring (bicyclic) bond motifs is 7. The van der Waals surface area contributed by atoms with Gasteiger partial charge >= 0.3 is 18.3 Å². The Bertz CT molecular complexity index is 1860. The second-order valence-corrected chi connectivity index (χ2v) is 22.3. The Balaban J connectivity index is 1.27. The minimum absolute atomic E-state index is 0.00740. The van der Waals surface area contributed by atoms with Crippen LogP contribution in [0.5, 0.6) is 5.75 Å². The van der Waals surface area contributed by atoms with Gasteiger partial charge in [-0.25, -0.2) is 0 Å². The van der Waals surface area contributed by atoms with Gasteiger partial charge in [0, 0.05) is 43.4 Å². The van der Waals surface area contributed by atoms with Crippen LogP contribution < -0.4 is 4.74 Å². The largest absolute Gasteiger partial charge is 0.573 e.